The molecule has 1 aromatic carbocycles. The number of benzene rings is 1. The molecular weight excluding hydrogens is 416 g/mol. The molecule has 0 aromatic heterocycles. The first kappa shape index (κ1) is 21.2. The van der Waals surface area contributed by atoms with E-state index in [1.807, 2.05) is 12.1 Å². The Balaban J connectivity index is 1.33. The van der Waals surface area contributed by atoms with Crippen LogP contribution in [-0.4, -0.2) is 59.9 Å². The number of imide groups is 1. The number of fused-ring (bicyclic) bond motifs is 1. The number of nitrogens with zero attached hydrogens (tertiary/aromatic N) is 1. The molecule has 2 unspecified atom stereocenters. The lowest BCUT2D eigenvalue weighted by atomic mass is 9.91. The summed E-state index contributed by atoms with van der Waals surface area (Å²) in [4.78, 5) is 49.6. The van der Waals surface area contributed by atoms with Gasteiger partial charge in [0, 0.05) is 25.8 Å². The molecule has 4 aliphatic rings. The molecule has 0 bridgehead atoms. The zero-order valence-electron chi connectivity index (χ0n) is 17.7. The number of hydrogen-bond donors (Lipinski definition) is 1. The van der Waals surface area contributed by atoms with E-state index in [2.05, 4.69) is 5.32 Å². The molecule has 1 N–H and O–H groups in total. The van der Waals surface area contributed by atoms with Crippen molar-refractivity contribution in [3.63, 3.8) is 0 Å². The predicted molar refractivity (Wildman–Crippen MR) is 109 cm³/mol. The second-order valence-corrected chi connectivity index (χ2v) is 8.85. The van der Waals surface area contributed by atoms with Gasteiger partial charge < -0.3 is 14.2 Å². The highest BCUT2D eigenvalue weighted by Gasteiger charge is 2.44. The molecule has 2 atom stereocenters. The van der Waals surface area contributed by atoms with Crippen molar-refractivity contribution in [2.24, 2.45) is 0 Å². The van der Waals surface area contributed by atoms with Gasteiger partial charge in [0.2, 0.25) is 17.6 Å². The monoisotopic (exact) mass is 442 g/mol. The van der Waals surface area contributed by atoms with E-state index in [0.717, 1.165) is 31.2 Å². The van der Waals surface area contributed by atoms with Crippen LogP contribution in [0.4, 0.5) is 0 Å². The second-order valence-electron chi connectivity index (χ2n) is 8.85. The van der Waals surface area contributed by atoms with E-state index in [1.165, 1.54) is 0 Å². The average Bonchev–Trinajstić information content (AvgIpc) is 3.39. The van der Waals surface area contributed by atoms with Crippen molar-refractivity contribution >= 4 is 23.9 Å². The van der Waals surface area contributed by atoms with Crippen molar-refractivity contribution in [2.75, 3.05) is 13.2 Å². The Morgan fingerprint density at radius 3 is 2.59 bits per heavy atom. The molecule has 9 heteroatoms. The Morgan fingerprint density at radius 2 is 1.91 bits per heavy atom. The molecule has 0 radical (unpaired) electrons. The van der Waals surface area contributed by atoms with E-state index in [9.17, 15) is 19.2 Å². The number of nitrogens with one attached hydrogen (secondary N) is 1. The van der Waals surface area contributed by atoms with Crippen LogP contribution in [0.1, 0.15) is 55.7 Å². The molecule has 1 aromatic rings. The van der Waals surface area contributed by atoms with Crippen LogP contribution >= 0.6 is 0 Å². The van der Waals surface area contributed by atoms with Gasteiger partial charge in [-0.25, -0.2) is 0 Å². The summed E-state index contributed by atoms with van der Waals surface area (Å²) in [5, 5.41) is 2.33. The maximum Gasteiger partial charge on any atom is 0.243 e. The highest BCUT2D eigenvalue weighted by molar-refractivity contribution is 6.27. The lowest BCUT2D eigenvalue weighted by molar-refractivity contribution is -0.186. The van der Waals surface area contributed by atoms with Crippen LogP contribution < -0.4 is 10.1 Å². The Kier molecular flexibility index (Phi) is 5.56. The molecule has 3 fully saturated rings. The Morgan fingerprint density at radius 1 is 1.16 bits per heavy atom. The van der Waals surface area contributed by atoms with Crippen LogP contribution in [0.5, 0.6) is 5.75 Å². The molecule has 2 saturated heterocycles. The van der Waals surface area contributed by atoms with E-state index in [4.69, 9.17) is 14.2 Å². The first-order chi connectivity index (χ1) is 15.5. The third-order valence-corrected chi connectivity index (χ3v) is 6.90. The maximum absolute atomic E-state index is 12.6. The quantitative estimate of drug-likeness (QED) is 0.411. The van der Waals surface area contributed by atoms with E-state index >= 15 is 0 Å². The van der Waals surface area contributed by atoms with Gasteiger partial charge in [0.1, 0.15) is 11.8 Å². The molecular formula is C23H26N2O7. The third-order valence-electron chi connectivity index (χ3n) is 6.90. The van der Waals surface area contributed by atoms with E-state index in [0.29, 0.717) is 43.8 Å². The summed E-state index contributed by atoms with van der Waals surface area (Å²) in [6, 6.07) is 4.06. The van der Waals surface area contributed by atoms with Gasteiger partial charge >= 0.3 is 0 Å². The molecule has 3 aliphatic heterocycles. The number of piperidine rings is 1. The Hall–Kier alpha value is -2.62. The fourth-order valence-electron chi connectivity index (χ4n) is 5.31. The number of rotatable bonds is 5. The lowest BCUT2D eigenvalue weighted by Crippen LogP contribution is -2.52. The van der Waals surface area contributed by atoms with Gasteiger partial charge in [-0.3, -0.25) is 29.4 Å². The van der Waals surface area contributed by atoms with Gasteiger partial charge in [-0.1, -0.05) is 6.07 Å². The number of aldehydes is 1. The van der Waals surface area contributed by atoms with E-state index in [1.54, 1.807) is 11.0 Å². The summed E-state index contributed by atoms with van der Waals surface area (Å²) in [7, 11) is 0. The minimum absolute atomic E-state index is 0.0133. The van der Waals surface area contributed by atoms with Gasteiger partial charge in [0.05, 0.1) is 25.4 Å². The van der Waals surface area contributed by atoms with Crippen molar-refractivity contribution in [3.8, 4) is 5.75 Å². The lowest BCUT2D eigenvalue weighted by Gasteiger charge is -2.35. The van der Waals surface area contributed by atoms with E-state index < -0.39 is 29.6 Å². The van der Waals surface area contributed by atoms with Crippen LogP contribution in [0.25, 0.3) is 0 Å². The van der Waals surface area contributed by atoms with Crippen LogP contribution in [0.2, 0.25) is 0 Å². The first-order valence-corrected chi connectivity index (χ1v) is 11.1. The number of amides is 2. The molecule has 3 heterocycles. The summed E-state index contributed by atoms with van der Waals surface area (Å²) >= 11 is 0. The second kappa shape index (κ2) is 8.38. The molecule has 1 aliphatic carbocycles. The predicted octanol–water partition coefficient (Wildman–Crippen LogP) is 1.18. The summed E-state index contributed by atoms with van der Waals surface area (Å²) in [6.07, 6.45) is 3.99. The Labute approximate surface area is 185 Å². The number of ether oxygens (including phenoxy) is 3. The molecule has 9 nitrogen and oxygen atoms in total. The summed E-state index contributed by atoms with van der Waals surface area (Å²) in [5.74, 6) is -1.18. The zero-order valence-corrected chi connectivity index (χ0v) is 17.7. The highest BCUT2D eigenvalue weighted by atomic mass is 16.7. The topological polar surface area (TPSA) is 111 Å². The fourth-order valence-corrected chi connectivity index (χ4v) is 5.31. The highest BCUT2D eigenvalue weighted by Crippen LogP contribution is 2.41. The molecule has 32 heavy (non-hydrogen) atoms. The molecule has 1 saturated carbocycles. The normalized spacial score (nSPS) is 27.9. The molecule has 2 amide bonds. The van der Waals surface area contributed by atoms with Crippen molar-refractivity contribution < 1.29 is 33.4 Å². The largest absolute Gasteiger partial charge is 0.490 e. The van der Waals surface area contributed by atoms with Crippen LogP contribution in [0.3, 0.4) is 0 Å². The van der Waals surface area contributed by atoms with Crippen LogP contribution in [0.15, 0.2) is 18.2 Å². The summed E-state index contributed by atoms with van der Waals surface area (Å²) in [6.45, 7) is 1.62. The first-order valence-electron chi connectivity index (χ1n) is 11.1. The van der Waals surface area contributed by atoms with Gasteiger partial charge in [-0.2, -0.15) is 0 Å². The number of hydrogen-bond acceptors (Lipinski definition) is 8. The minimum Gasteiger partial charge on any atom is -0.490 e. The molecule has 5 rings (SSSR count). The summed E-state index contributed by atoms with van der Waals surface area (Å²) in [5.41, 5.74) is 1.55. The number of carbonyl (C=O) groups excluding carboxylic acids is 4. The van der Waals surface area contributed by atoms with Crippen LogP contribution in [0, 0.1) is 0 Å². The van der Waals surface area contributed by atoms with Gasteiger partial charge in [0.25, 0.3) is 0 Å². The zero-order chi connectivity index (χ0) is 22.3. The van der Waals surface area contributed by atoms with Gasteiger partial charge in [-0.15, -0.1) is 0 Å². The van der Waals surface area contributed by atoms with Gasteiger partial charge in [-0.05, 0) is 42.5 Å². The summed E-state index contributed by atoms with van der Waals surface area (Å²) < 4.78 is 17.7. The van der Waals surface area contributed by atoms with Gasteiger partial charge in [0.15, 0.2) is 12.1 Å². The number of carbonyl (C=O) groups is 4. The van der Waals surface area contributed by atoms with Crippen molar-refractivity contribution in [3.05, 3.63) is 29.3 Å². The minimum atomic E-state index is -0.857. The molecule has 170 valence electrons. The van der Waals surface area contributed by atoms with Crippen molar-refractivity contribution in [1.29, 1.82) is 0 Å². The number of Topliss-reactive ketones (excluding diaryl/α,β-unsaturated/α-hetero) is 1. The van der Waals surface area contributed by atoms with Crippen molar-refractivity contribution in [2.45, 2.75) is 69.0 Å². The maximum atomic E-state index is 12.6. The van der Waals surface area contributed by atoms with Crippen LogP contribution in [-0.2, 0) is 35.2 Å². The third kappa shape index (κ3) is 3.85. The smallest absolute Gasteiger partial charge is 0.243 e. The molecule has 1 spiro atoms. The Bertz CT molecular complexity index is 946. The van der Waals surface area contributed by atoms with Crippen molar-refractivity contribution in [1.82, 2.24) is 10.2 Å². The number of ketones is 1. The fraction of sp³-hybridized carbons (Fsp3) is 0.565. The van der Waals surface area contributed by atoms with E-state index in [-0.39, 0.29) is 18.4 Å². The SMILES string of the molecule is O=CC(=O)C1c2cc(OC3CCC4(CC3)OCCO4)ccc2CN1C1CCC(=O)NC1=O. The average molecular weight is 442 g/mol. The standard InChI is InChI=1S/C23H26N2O7/c26-13-19(27)21-17-11-16(32-15-5-7-23(8-6-15)30-9-10-31-23)2-1-14(17)12-25(21)18-3-4-20(28)24-22(18)29/h1-2,11,13,15,18,21H,3-10,12H2,(H,24,28,29).